The molecule has 1 atom stereocenters. The fourth-order valence-corrected chi connectivity index (χ4v) is 2.53. The van der Waals surface area contributed by atoms with Gasteiger partial charge in [-0.15, -0.1) is 0 Å². The molecule has 96 valence electrons. The lowest BCUT2D eigenvalue weighted by molar-refractivity contribution is 0.164. The van der Waals surface area contributed by atoms with E-state index in [4.69, 9.17) is 5.26 Å². The number of pyridine rings is 1. The first-order valence-electron chi connectivity index (χ1n) is 6.67. The summed E-state index contributed by atoms with van der Waals surface area (Å²) in [6, 6.07) is 6.26. The molecule has 0 bridgehead atoms. The molecule has 1 saturated heterocycles. The molecule has 1 unspecified atom stereocenters. The van der Waals surface area contributed by atoms with Crippen molar-refractivity contribution in [1.29, 1.82) is 5.26 Å². The Kier molecular flexibility index (Phi) is 4.54. The van der Waals surface area contributed by atoms with E-state index in [9.17, 15) is 0 Å². The van der Waals surface area contributed by atoms with Crippen molar-refractivity contribution < 1.29 is 0 Å². The van der Waals surface area contributed by atoms with Crippen molar-refractivity contribution in [1.82, 2.24) is 9.88 Å². The third-order valence-electron chi connectivity index (χ3n) is 3.56. The summed E-state index contributed by atoms with van der Waals surface area (Å²) >= 11 is 0. The fourth-order valence-electron chi connectivity index (χ4n) is 2.53. The van der Waals surface area contributed by atoms with Crippen molar-refractivity contribution in [3.63, 3.8) is 0 Å². The highest BCUT2D eigenvalue weighted by Crippen LogP contribution is 2.17. The van der Waals surface area contributed by atoms with Gasteiger partial charge in [0.2, 0.25) is 0 Å². The van der Waals surface area contributed by atoms with Crippen LogP contribution in [0.5, 0.6) is 0 Å². The summed E-state index contributed by atoms with van der Waals surface area (Å²) in [5, 5.41) is 12.2. The van der Waals surface area contributed by atoms with Gasteiger partial charge in [0.1, 0.15) is 5.82 Å². The molecule has 0 spiro atoms. The third-order valence-corrected chi connectivity index (χ3v) is 3.56. The summed E-state index contributed by atoms with van der Waals surface area (Å²) in [5.74, 6) is 0.802. The average molecular weight is 244 g/mol. The van der Waals surface area contributed by atoms with Gasteiger partial charge in [-0.25, -0.2) is 4.98 Å². The summed E-state index contributed by atoms with van der Waals surface area (Å²) in [6.07, 6.45) is 5.55. The molecule has 2 heterocycles. The molecule has 0 aliphatic carbocycles. The number of likely N-dealkylation sites (N-methyl/N-ethyl adjacent to an activating group) is 1. The second-order valence-electron chi connectivity index (χ2n) is 4.70. The summed E-state index contributed by atoms with van der Waals surface area (Å²) < 4.78 is 0. The van der Waals surface area contributed by atoms with Gasteiger partial charge in [-0.05, 0) is 38.1 Å². The quantitative estimate of drug-likeness (QED) is 0.882. The van der Waals surface area contributed by atoms with Crippen molar-refractivity contribution in [2.45, 2.75) is 32.2 Å². The Bertz CT molecular complexity index is 424. The highest BCUT2D eigenvalue weighted by atomic mass is 15.2. The Morgan fingerprint density at radius 2 is 2.44 bits per heavy atom. The molecule has 0 radical (unpaired) electrons. The minimum absolute atomic E-state index is 0.594. The van der Waals surface area contributed by atoms with Crippen LogP contribution in [0.4, 0.5) is 5.82 Å². The van der Waals surface area contributed by atoms with E-state index < -0.39 is 0 Å². The first kappa shape index (κ1) is 12.8. The van der Waals surface area contributed by atoms with E-state index in [0.717, 1.165) is 18.9 Å². The Hall–Kier alpha value is -1.60. The number of aromatic nitrogens is 1. The van der Waals surface area contributed by atoms with Crippen molar-refractivity contribution in [2.24, 2.45) is 0 Å². The van der Waals surface area contributed by atoms with Crippen molar-refractivity contribution in [3.05, 3.63) is 23.9 Å². The second-order valence-corrected chi connectivity index (χ2v) is 4.70. The van der Waals surface area contributed by atoms with Crippen molar-refractivity contribution >= 4 is 5.82 Å². The van der Waals surface area contributed by atoms with E-state index in [2.05, 4.69) is 28.2 Å². The maximum atomic E-state index is 8.85. The minimum atomic E-state index is 0.594. The van der Waals surface area contributed by atoms with Crippen LogP contribution >= 0.6 is 0 Å². The lowest BCUT2D eigenvalue weighted by Gasteiger charge is -2.35. The highest BCUT2D eigenvalue weighted by Gasteiger charge is 2.20. The van der Waals surface area contributed by atoms with Gasteiger partial charge in [0.15, 0.2) is 0 Å². The van der Waals surface area contributed by atoms with Crippen LogP contribution in [0, 0.1) is 11.3 Å². The molecule has 1 aliphatic rings. The van der Waals surface area contributed by atoms with E-state index >= 15 is 0 Å². The first-order chi connectivity index (χ1) is 8.83. The third kappa shape index (κ3) is 3.21. The average Bonchev–Trinajstić information content (AvgIpc) is 2.45. The molecule has 4 heteroatoms. The molecule has 18 heavy (non-hydrogen) atoms. The van der Waals surface area contributed by atoms with Crippen LogP contribution in [0.15, 0.2) is 18.3 Å². The van der Waals surface area contributed by atoms with Gasteiger partial charge >= 0.3 is 0 Å². The zero-order chi connectivity index (χ0) is 12.8. The Morgan fingerprint density at radius 3 is 3.22 bits per heavy atom. The zero-order valence-corrected chi connectivity index (χ0v) is 10.9. The molecule has 1 N–H and O–H groups in total. The highest BCUT2D eigenvalue weighted by molar-refractivity contribution is 5.42. The van der Waals surface area contributed by atoms with E-state index in [1.165, 1.54) is 25.8 Å². The van der Waals surface area contributed by atoms with Gasteiger partial charge in [-0.1, -0.05) is 13.3 Å². The summed E-state index contributed by atoms with van der Waals surface area (Å²) in [5.41, 5.74) is 0.656. The van der Waals surface area contributed by atoms with Crippen LogP contribution in [0.1, 0.15) is 31.7 Å². The molecule has 4 nitrogen and oxygen atoms in total. The summed E-state index contributed by atoms with van der Waals surface area (Å²) in [6.45, 7) is 5.44. The lowest BCUT2D eigenvalue weighted by Crippen LogP contribution is -2.43. The number of nitriles is 1. The van der Waals surface area contributed by atoms with Crippen LogP contribution in [-0.4, -0.2) is 35.6 Å². The number of hydrogen-bond acceptors (Lipinski definition) is 4. The molecule has 0 saturated carbocycles. The molecule has 0 amide bonds. The number of hydrogen-bond donors (Lipinski definition) is 1. The van der Waals surface area contributed by atoms with Gasteiger partial charge in [0, 0.05) is 18.8 Å². The van der Waals surface area contributed by atoms with Gasteiger partial charge in [0.05, 0.1) is 11.6 Å². The maximum Gasteiger partial charge on any atom is 0.127 e. The smallest absolute Gasteiger partial charge is 0.127 e. The molecule has 1 aliphatic heterocycles. The number of rotatable bonds is 4. The standard InChI is InChI=1S/C14H20N4/c1-2-18-8-4-3-5-13(18)11-17-14-9-12(10-15)6-7-16-14/h6-7,9,13H,2-5,8,11H2,1H3,(H,16,17). The largest absolute Gasteiger partial charge is 0.368 e. The normalized spacial score (nSPS) is 20.3. The number of anilines is 1. The van der Waals surface area contributed by atoms with E-state index in [0.29, 0.717) is 11.6 Å². The molecular weight excluding hydrogens is 224 g/mol. The first-order valence-corrected chi connectivity index (χ1v) is 6.67. The number of likely N-dealkylation sites (tertiary alicyclic amines) is 1. The molecule has 1 fully saturated rings. The number of nitrogens with one attached hydrogen (secondary N) is 1. The SMILES string of the molecule is CCN1CCCCC1CNc1cc(C#N)ccn1. The summed E-state index contributed by atoms with van der Waals surface area (Å²) in [7, 11) is 0. The van der Waals surface area contributed by atoms with Crippen LogP contribution in [-0.2, 0) is 0 Å². The van der Waals surface area contributed by atoms with Crippen molar-refractivity contribution in [2.75, 3.05) is 25.0 Å². The lowest BCUT2D eigenvalue weighted by atomic mass is 10.0. The Balaban J connectivity index is 1.91. The van der Waals surface area contributed by atoms with Crippen molar-refractivity contribution in [3.8, 4) is 6.07 Å². The Morgan fingerprint density at radius 1 is 1.56 bits per heavy atom. The topological polar surface area (TPSA) is 52.0 Å². The van der Waals surface area contributed by atoms with Crippen LogP contribution in [0.25, 0.3) is 0 Å². The van der Waals surface area contributed by atoms with Gasteiger partial charge < -0.3 is 5.32 Å². The monoisotopic (exact) mass is 244 g/mol. The van der Waals surface area contributed by atoms with E-state index in [1.807, 2.05) is 0 Å². The molecule has 1 aromatic rings. The molecular formula is C14H20N4. The van der Waals surface area contributed by atoms with E-state index in [1.54, 1.807) is 18.3 Å². The zero-order valence-electron chi connectivity index (χ0n) is 10.9. The molecule has 1 aromatic heterocycles. The molecule has 0 aromatic carbocycles. The Labute approximate surface area is 109 Å². The number of piperidine rings is 1. The fraction of sp³-hybridized carbons (Fsp3) is 0.571. The molecule has 2 rings (SSSR count). The van der Waals surface area contributed by atoms with Crippen LogP contribution in [0.3, 0.4) is 0 Å². The predicted molar refractivity (Wildman–Crippen MR) is 72.3 cm³/mol. The second kappa shape index (κ2) is 6.36. The van der Waals surface area contributed by atoms with E-state index in [-0.39, 0.29) is 0 Å². The van der Waals surface area contributed by atoms with Crippen LogP contribution < -0.4 is 5.32 Å². The van der Waals surface area contributed by atoms with Crippen LogP contribution in [0.2, 0.25) is 0 Å². The number of nitrogens with zero attached hydrogens (tertiary/aromatic N) is 3. The van der Waals surface area contributed by atoms with Gasteiger partial charge in [0.25, 0.3) is 0 Å². The minimum Gasteiger partial charge on any atom is -0.368 e. The predicted octanol–water partition coefficient (Wildman–Crippen LogP) is 2.24. The van der Waals surface area contributed by atoms with Gasteiger partial charge in [-0.3, -0.25) is 4.90 Å². The summed E-state index contributed by atoms with van der Waals surface area (Å²) in [4.78, 5) is 6.76. The maximum absolute atomic E-state index is 8.85. The van der Waals surface area contributed by atoms with Gasteiger partial charge in [-0.2, -0.15) is 5.26 Å².